The topological polar surface area (TPSA) is 127 Å². The summed E-state index contributed by atoms with van der Waals surface area (Å²) < 4.78 is 41.9. The van der Waals surface area contributed by atoms with Crippen molar-refractivity contribution in [2.24, 2.45) is 0 Å². The molecule has 11 nitrogen and oxygen atoms in total. The van der Waals surface area contributed by atoms with E-state index in [9.17, 15) is 27.6 Å². The second-order valence-corrected chi connectivity index (χ2v) is 15.9. The number of hydrogen-bond donors (Lipinski definition) is 1. The van der Waals surface area contributed by atoms with Crippen LogP contribution in [-0.4, -0.2) is 109 Å². The third-order valence-corrected chi connectivity index (χ3v) is 13.1. The Morgan fingerprint density at radius 3 is 2.02 bits per heavy atom. The molecule has 1 atom stereocenters. The highest BCUT2D eigenvalue weighted by Crippen LogP contribution is 2.36. The number of benzene rings is 2. The van der Waals surface area contributed by atoms with Crippen LogP contribution in [0.15, 0.2) is 47.9 Å². The number of amides is 4. The van der Waals surface area contributed by atoms with E-state index in [1.165, 1.54) is 6.07 Å². The van der Waals surface area contributed by atoms with Crippen molar-refractivity contribution in [2.45, 2.75) is 73.7 Å². The summed E-state index contributed by atoms with van der Waals surface area (Å²) in [5.74, 6) is -3.12. The van der Waals surface area contributed by atoms with Crippen molar-refractivity contribution in [3.8, 4) is 0 Å². The van der Waals surface area contributed by atoms with E-state index in [2.05, 4.69) is 21.7 Å². The van der Waals surface area contributed by atoms with Crippen LogP contribution >= 0.6 is 0 Å². The Balaban J connectivity index is 0.905. The average Bonchev–Trinajstić information content (AvgIpc) is 3.28. The lowest BCUT2D eigenvalue weighted by molar-refractivity contribution is -0.136. The number of sulfone groups is 1. The number of halogens is 1. The van der Waals surface area contributed by atoms with Gasteiger partial charge in [-0.2, -0.15) is 0 Å². The predicted octanol–water partition coefficient (Wildman–Crippen LogP) is 2.85. The van der Waals surface area contributed by atoms with E-state index in [0.29, 0.717) is 36.9 Å². The summed E-state index contributed by atoms with van der Waals surface area (Å²) in [6.45, 7) is 10.3. The molecule has 13 heteroatoms. The van der Waals surface area contributed by atoms with Crippen LogP contribution in [0.2, 0.25) is 0 Å². The van der Waals surface area contributed by atoms with Gasteiger partial charge in [0, 0.05) is 44.7 Å². The number of nitrogens with zero attached hydrogens (tertiary/aromatic N) is 4. The van der Waals surface area contributed by atoms with Gasteiger partial charge in [-0.1, -0.05) is 24.3 Å². The molecule has 4 amide bonds. The van der Waals surface area contributed by atoms with Crippen LogP contribution in [0.3, 0.4) is 0 Å². The molecule has 48 heavy (non-hydrogen) atoms. The van der Waals surface area contributed by atoms with E-state index in [1.807, 2.05) is 24.0 Å². The van der Waals surface area contributed by atoms with Crippen LogP contribution in [0.4, 0.5) is 10.1 Å². The summed E-state index contributed by atoms with van der Waals surface area (Å²) >= 11 is 0. The molecule has 4 fully saturated rings. The number of hydrogen-bond acceptors (Lipinski definition) is 9. The van der Waals surface area contributed by atoms with E-state index in [0.717, 1.165) is 61.1 Å². The minimum Gasteiger partial charge on any atom is -0.366 e. The van der Waals surface area contributed by atoms with E-state index in [-0.39, 0.29) is 40.9 Å². The Labute approximate surface area is 279 Å². The van der Waals surface area contributed by atoms with Gasteiger partial charge in [0.25, 0.3) is 11.8 Å². The normalized spacial score (nSPS) is 23.8. The first-order chi connectivity index (χ1) is 22.9. The fourth-order valence-corrected chi connectivity index (χ4v) is 9.63. The zero-order chi connectivity index (χ0) is 33.9. The predicted molar refractivity (Wildman–Crippen MR) is 177 cm³/mol. The number of carbonyl (C=O) groups excluding carboxylic acids is 4. The van der Waals surface area contributed by atoms with Crippen molar-refractivity contribution in [3.05, 3.63) is 65.5 Å². The van der Waals surface area contributed by atoms with Crippen molar-refractivity contribution in [3.63, 3.8) is 0 Å². The van der Waals surface area contributed by atoms with Crippen LogP contribution in [0.5, 0.6) is 0 Å². The number of carbonyl (C=O) groups is 4. The van der Waals surface area contributed by atoms with E-state index >= 15 is 4.39 Å². The highest BCUT2D eigenvalue weighted by Gasteiger charge is 2.46. The molecular formula is C35H40FN5O6S. The smallest absolute Gasteiger partial charge is 0.262 e. The molecule has 0 aromatic heterocycles. The lowest BCUT2D eigenvalue weighted by atomic mass is 9.96. The molecular weight excluding hydrogens is 637 g/mol. The molecule has 254 valence electrons. The lowest BCUT2D eigenvalue weighted by Crippen LogP contribution is -2.62. The van der Waals surface area contributed by atoms with Crippen LogP contribution in [-0.2, 0) is 19.4 Å². The number of piperidine rings is 3. The second kappa shape index (κ2) is 12.5. The number of imide groups is 2. The molecule has 0 radical (unpaired) electrons. The largest absolute Gasteiger partial charge is 0.366 e. The molecule has 2 aromatic rings. The van der Waals surface area contributed by atoms with Gasteiger partial charge in [0.05, 0.1) is 27.0 Å². The Hall–Kier alpha value is -3.94. The number of rotatable bonds is 7. The quantitative estimate of drug-likeness (QED) is 0.441. The molecule has 0 saturated carbocycles. The van der Waals surface area contributed by atoms with Crippen LogP contribution in [0, 0.1) is 5.82 Å². The fourth-order valence-electron chi connectivity index (χ4n) is 7.89. The van der Waals surface area contributed by atoms with Crippen molar-refractivity contribution in [1.82, 2.24) is 20.0 Å². The Kier molecular flexibility index (Phi) is 8.49. The molecule has 5 heterocycles. The maximum absolute atomic E-state index is 15.3. The Morgan fingerprint density at radius 1 is 0.833 bits per heavy atom. The summed E-state index contributed by atoms with van der Waals surface area (Å²) in [5, 5.41) is 1.79. The van der Waals surface area contributed by atoms with Gasteiger partial charge in [-0.3, -0.25) is 34.3 Å². The lowest BCUT2D eigenvalue weighted by Gasteiger charge is -2.50. The third kappa shape index (κ3) is 5.75. The van der Waals surface area contributed by atoms with Crippen molar-refractivity contribution in [1.29, 1.82) is 0 Å². The maximum atomic E-state index is 15.3. The minimum absolute atomic E-state index is 0.0186. The summed E-state index contributed by atoms with van der Waals surface area (Å²) in [7, 11) is -3.39. The monoisotopic (exact) mass is 677 g/mol. The Bertz CT molecular complexity index is 1790. The van der Waals surface area contributed by atoms with Crippen molar-refractivity contribution in [2.75, 3.05) is 44.2 Å². The highest BCUT2D eigenvalue weighted by molar-refractivity contribution is 7.92. The molecule has 1 unspecified atom stereocenters. The molecule has 4 saturated heterocycles. The van der Waals surface area contributed by atoms with Gasteiger partial charge in [-0.05, 0) is 81.9 Å². The number of fused-ring (bicyclic) bond motifs is 1. The third-order valence-electron chi connectivity index (χ3n) is 10.8. The van der Waals surface area contributed by atoms with Crippen molar-refractivity contribution >= 4 is 44.7 Å². The van der Waals surface area contributed by atoms with Crippen LogP contribution < -0.4 is 10.2 Å². The van der Waals surface area contributed by atoms with Crippen molar-refractivity contribution < 1.29 is 32.0 Å². The van der Waals surface area contributed by atoms with E-state index in [4.69, 9.17) is 0 Å². The fraction of sp³-hybridized carbons (Fsp3) is 0.486. The number of nitrogens with one attached hydrogen (secondary N) is 1. The highest BCUT2D eigenvalue weighted by atomic mass is 32.2. The van der Waals surface area contributed by atoms with Gasteiger partial charge in [-0.25, -0.2) is 12.8 Å². The van der Waals surface area contributed by atoms with E-state index < -0.39 is 45.3 Å². The standard InChI is InChI=1S/C35H40FN5O6S/c1-21(2)22-3-5-25(6-4-22)48(46,47)26-11-15-38(16-12-26)23-9-13-39(14-10-23)24-19-40(20-24)31-18-28-27(17-29(31)36)34(44)41(35(28)45)30-7-8-32(42)37-33(30)43/h3-6,17-18,23-24,26,30H,1,7-16,19-20H2,2H3,(H,37,42,43). The first-order valence-electron chi connectivity index (χ1n) is 16.7. The van der Waals surface area contributed by atoms with Gasteiger partial charge >= 0.3 is 0 Å². The van der Waals surface area contributed by atoms with Gasteiger partial charge in [0.2, 0.25) is 11.8 Å². The summed E-state index contributed by atoms with van der Waals surface area (Å²) in [4.78, 5) is 58.1. The molecule has 0 spiro atoms. The first kappa shape index (κ1) is 32.6. The Morgan fingerprint density at radius 2 is 1.42 bits per heavy atom. The molecule has 0 bridgehead atoms. The van der Waals surface area contributed by atoms with Gasteiger partial charge in [-0.15, -0.1) is 0 Å². The molecule has 1 N–H and O–H groups in total. The first-order valence-corrected chi connectivity index (χ1v) is 18.2. The van der Waals surface area contributed by atoms with Crippen LogP contribution in [0.1, 0.15) is 71.7 Å². The van der Waals surface area contributed by atoms with Gasteiger partial charge < -0.3 is 9.80 Å². The van der Waals surface area contributed by atoms with Gasteiger partial charge in [0.1, 0.15) is 11.9 Å². The minimum atomic E-state index is -3.39. The molecule has 5 aliphatic rings. The zero-order valence-electron chi connectivity index (χ0n) is 27.0. The molecule has 0 aliphatic carbocycles. The van der Waals surface area contributed by atoms with Crippen LogP contribution in [0.25, 0.3) is 5.57 Å². The SMILES string of the molecule is C=C(C)c1ccc(S(=O)(=O)C2CCN(C3CCN(C4CN(c5cc6c(cc5F)C(=O)N(C5CCC(=O)NC5=O)C6=O)C4)CC3)CC2)cc1. The summed E-state index contributed by atoms with van der Waals surface area (Å²) in [6, 6.07) is 9.09. The molecule has 7 rings (SSSR count). The zero-order valence-corrected chi connectivity index (χ0v) is 27.8. The average molecular weight is 678 g/mol. The van der Waals surface area contributed by atoms with E-state index in [1.54, 1.807) is 12.1 Å². The number of allylic oxidation sites excluding steroid dienone is 1. The number of likely N-dealkylation sites (tertiary alicyclic amines) is 2. The maximum Gasteiger partial charge on any atom is 0.262 e. The summed E-state index contributed by atoms with van der Waals surface area (Å²) in [6.07, 6.45) is 3.26. The number of anilines is 1. The second-order valence-electron chi connectivity index (χ2n) is 13.7. The molecule has 5 aliphatic heterocycles. The van der Waals surface area contributed by atoms with Gasteiger partial charge in [0.15, 0.2) is 9.84 Å². The molecule has 2 aromatic carbocycles. The summed E-state index contributed by atoms with van der Waals surface area (Å²) in [5.41, 5.74) is 2.11.